The molecule has 37 heavy (non-hydrogen) atoms. The molecule has 3 aliphatic rings. The van der Waals surface area contributed by atoms with Gasteiger partial charge in [-0.1, -0.05) is 56.5 Å². The van der Waals surface area contributed by atoms with Gasteiger partial charge < -0.3 is 9.31 Å². The molecular weight excluding hydrogens is 461 g/mol. The molecule has 1 aliphatic carbocycles. The summed E-state index contributed by atoms with van der Waals surface area (Å²) in [7, 11) is -0.464. The monoisotopic (exact) mass is 495 g/mol. The van der Waals surface area contributed by atoms with Crippen molar-refractivity contribution in [3.63, 3.8) is 0 Å². The van der Waals surface area contributed by atoms with Crippen LogP contribution in [0.1, 0.15) is 87.9 Å². The number of unbranched alkanes of at least 4 members (excludes halogenated alkanes) is 2. The Hall–Kier alpha value is -2.96. The lowest BCUT2D eigenvalue weighted by atomic mass is 9.75. The zero-order valence-electron chi connectivity index (χ0n) is 22.6. The summed E-state index contributed by atoms with van der Waals surface area (Å²) in [4.78, 5) is 28.3. The van der Waals surface area contributed by atoms with Crippen molar-refractivity contribution < 1.29 is 18.9 Å². The second-order valence-electron chi connectivity index (χ2n) is 11.8. The maximum atomic E-state index is 13.4. The number of nitrogens with zero attached hydrogens (tertiary/aromatic N) is 1. The molecule has 0 aromatic heterocycles. The van der Waals surface area contributed by atoms with Gasteiger partial charge in [0.1, 0.15) is 0 Å². The molecule has 1 unspecified atom stereocenters. The molecule has 2 amide bonds. The molecule has 0 bridgehead atoms. The van der Waals surface area contributed by atoms with Crippen molar-refractivity contribution in [2.75, 3.05) is 0 Å². The van der Waals surface area contributed by atoms with Gasteiger partial charge in [-0.2, -0.15) is 0 Å². The number of rotatable bonds is 6. The van der Waals surface area contributed by atoms with Gasteiger partial charge in [0, 0.05) is 6.04 Å². The molecule has 190 valence electrons. The first-order valence-corrected chi connectivity index (χ1v) is 13.5. The molecule has 0 saturated carbocycles. The molecule has 1 fully saturated rings. The third-order valence-corrected chi connectivity index (χ3v) is 8.88. The van der Waals surface area contributed by atoms with Crippen LogP contribution in [0.3, 0.4) is 0 Å². The summed E-state index contributed by atoms with van der Waals surface area (Å²) in [6, 6.07) is 14.2. The Kier molecular flexibility index (Phi) is 5.45. The van der Waals surface area contributed by atoms with Crippen molar-refractivity contribution in [1.29, 1.82) is 0 Å². The third kappa shape index (κ3) is 3.45. The quantitative estimate of drug-likeness (QED) is 0.178. The fourth-order valence-corrected chi connectivity index (χ4v) is 6.02. The lowest BCUT2D eigenvalue weighted by Crippen LogP contribution is -2.41. The van der Waals surface area contributed by atoms with Crippen LogP contribution in [0.4, 0.5) is 0 Å². The van der Waals surface area contributed by atoms with Crippen LogP contribution in [-0.4, -0.2) is 41.1 Å². The van der Waals surface area contributed by atoms with Gasteiger partial charge in [-0.3, -0.25) is 14.5 Å². The summed E-state index contributed by atoms with van der Waals surface area (Å²) in [6.07, 6.45) is 4.07. The lowest BCUT2D eigenvalue weighted by Gasteiger charge is -2.32. The van der Waals surface area contributed by atoms with Crippen LogP contribution in [0.15, 0.2) is 42.5 Å². The van der Waals surface area contributed by atoms with Crippen LogP contribution in [0.5, 0.6) is 0 Å². The molecule has 0 radical (unpaired) electrons. The molecule has 6 heteroatoms. The number of amides is 2. The van der Waals surface area contributed by atoms with Crippen molar-refractivity contribution in [2.45, 2.75) is 84.5 Å². The van der Waals surface area contributed by atoms with Crippen LogP contribution in [0.2, 0.25) is 0 Å². The van der Waals surface area contributed by atoms with Gasteiger partial charge in [-0.05, 0) is 91.7 Å². The van der Waals surface area contributed by atoms with E-state index in [9.17, 15) is 9.59 Å². The molecule has 2 aliphatic heterocycles. The summed E-state index contributed by atoms with van der Waals surface area (Å²) >= 11 is 0. The Labute approximate surface area is 219 Å². The summed E-state index contributed by atoms with van der Waals surface area (Å²) in [5.74, 6) is -0.347. The minimum Gasteiger partial charge on any atom is -0.399 e. The van der Waals surface area contributed by atoms with E-state index in [4.69, 9.17) is 9.31 Å². The first kappa shape index (κ1) is 24.4. The van der Waals surface area contributed by atoms with Crippen molar-refractivity contribution in [1.82, 2.24) is 4.90 Å². The second-order valence-corrected chi connectivity index (χ2v) is 11.8. The number of hydrogen-bond donors (Lipinski definition) is 0. The third-order valence-electron chi connectivity index (χ3n) is 8.88. The lowest BCUT2D eigenvalue weighted by molar-refractivity contribution is 0.00578. The van der Waals surface area contributed by atoms with E-state index in [1.807, 2.05) is 25.1 Å². The largest absolute Gasteiger partial charge is 0.495 e. The zero-order valence-corrected chi connectivity index (χ0v) is 22.6. The Morgan fingerprint density at radius 2 is 1.41 bits per heavy atom. The second kappa shape index (κ2) is 8.27. The van der Waals surface area contributed by atoms with Gasteiger partial charge in [0.25, 0.3) is 11.8 Å². The highest BCUT2D eigenvalue weighted by molar-refractivity contribution is 6.65. The van der Waals surface area contributed by atoms with E-state index in [-0.39, 0.29) is 17.9 Å². The normalized spacial score (nSPS) is 19.6. The average Bonchev–Trinajstić information content (AvgIpc) is 3.38. The Balaban J connectivity index is 1.41. The van der Waals surface area contributed by atoms with E-state index in [1.54, 1.807) is 0 Å². The summed E-state index contributed by atoms with van der Waals surface area (Å²) in [5, 5.41) is 2.20. The molecule has 5 nitrogen and oxygen atoms in total. The molecule has 1 atom stereocenters. The minimum absolute atomic E-state index is 0.105. The predicted molar refractivity (Wildman–Crippen MR) is 148 cm³/mol. The van der Waals surface area contributed by atoms with Crippen LogP contribution >= 0.6 is 0 Å². The van der Waals surface area contributed by atoms with Crippen molar-refractivity contribution >= 4 is 35.2 Å². The maximum Gasteiger partial charge on any atom is 0.495 e. The SMILES string of the molecule is CCCCCC(C)N1C(=O)c2cc3c(cc2C1=O)-c1ccc(B2OC(C)(C)C(C)(C)O2)c2cccc-3c12. The van der Waals surface area contributed by atoms with E-state index in [2.05, 4.69) is 58.9 Å². The van der Waals surface area contributed by atoms with E-state index in [0.717, 1.165) is 64.2 Å². The fraction of sp³-hybridized carbons (Fsp3) is 0.419. The van der Waals surface area contributed by atoms with E-state index in [1.165, 1.54) is 4.90 Å². The van der Waals surface area contributed by atoms with Gasteiger partial charge >= 0.3 is 7.12 Å². The number of benzene rings is 3. The molecule has 0 N–H and O–H groups in total. The molecule has 0 spiro atoms. The fourth-order valence-electron chi connectivity index (χ4n) is 6.02. The van der Waals surface area contributed by atoms with Gasteiger partial charge in [-0.15, -0.1) is 0 Å². The van der Waals surface area contributed by atoms with Gasteiger partial charge in [0.2, 0.25) is 0 Å². The predicted octanol–water partition coefficient (Wildman–Crippen LogP) is 6.35. The first-order valence-electron chi connectivity index (χ1n) is 13.5. The van der Waals surface area contributed by atoms with Crippen molar-refractivity contribution in [2.24, 2.45) is 0 Å². The van der Waals surface area contributed by atoms with Crippen LogP contribution in [-0.2, 0) is 9.31 Å². The number of hydrogen-bond acceptors (Lipinski definition) is 4. The highest BCUT2D eigenvalue weighted by Gasteiger charge is 2.52. The van der Waals surface area contributed by atoms with Gasteiger partial charge in [0.15, 0.2) is 0 Å². The Morgan fingerprint density at radius 1 is 0.811 bits per heavy atom. The molecule has 1 saturated heterocycles. The van der Waals surface area contributed by atoms with Crippen LogP contribution in [0.25, 0.3) is 33.0 Å². The summed E-state index contributed by atoms with van der Waals surface area (Å²) in [6.45, 7) is 12.4. The highest BCUT2D eigenvalue weighted by Crippen LogP contribution is 2.49. The number of imide groups is 1. The molecule has 3 aromatic carbocycles. The first-order chi connectivity index (χ1) is 17.6. The van der Waals surface area contributed by atoms with Gasteiger partial charge in [0.05, 0.1) is 22.3 Å². The molecule has 3 aromatic rings. The average molecular weight is 495 g/mol. The Bertz CT molecular complexity index is 1410. The minimum atomic E-state index is -0.464. The molecule has 2 heterocycles. The molecule has 6 rings (SSSR count). The van der Waals surface area contributed by atoms with Crippen LogP contribution in [0, 0.1) is 0 Å². The number of fused-ring (bicyclic) bond motifs is 4. The van der Waals surface area contributed by atoms with Crippen molar-refractivity contribution in [3.05, 3.63) is 53.6 Å². The van der Waals surface area contributed by atoms with E-state index >= 15 is 0 Å². The topological polar surface area (TPSA) is 55.8 Å². The standard InChI is InChI=1S/C31H34BNO4/c1-7-8-9-11-18(2)33-28(34)24-16-22-19-12-10-13-21-26(32-36-30(3,4)31(5,6)37-32)15-14-20(27(19)21)23(22)17-25(24)29(33)35/h10,12-18H,7-9,11H2,1-6H3. The maximum absolute atomic E-state index is 13.4. The van der Waals surface area contributed by atoms with E-state index in [0.29, 0.717) is 11.1 Å². The zero-order chi connectivity index (χ0) is 26.3. The number of carbonyl (C=O) groups is 2. The summed E-state index contributed by atoms with van der Waals surface area (Å²) in [5.41, 5.74) is 5.36. The Morgan fingerprint density at radius 3 is 2.00 bits per heavy atom. The van der Waals surface area contributed by atoms with Gasteiger partial charge in [-0.25, -0.2) is 0 Å². The summed E-state index contributed by atoms with van der Waals surface area (Å²) < 4.78 is 12.8. The van der Waals surface area contributed by atoms with Crippen molar-refractivity contribution in [3.8, 4) is 22.3 Å². The number of carbonyl (C=O) groups excluding carboxylic acids is 2. The highest BCUT2D eigenvalue weighted by atomic mass is 16.7. The van der Waals surface area contributed by atoms with E-state index < -0.39 is 18.3 Å². The smallest absolute Gasteiger partial charge is 0.399 e. The van der Waals surface area contributed by atoms with Crippen LogP contribution < -0.4 is 5.46 Å². The molecular formula is C31H34BNO4.